The molecule has 1 saturated heterocycles. The van der Waals surface area contributed by atoms with Crippen LogP contribution in [0, 0.1) is 5.82 Å². The van der Waals surface area contributed by atoms with Crippen molar-refractivity contribution in [2.24, 2.45) is 0 Å². The predicted octanol–water partition coefficient (Wildman–Crippen LogP) is 0.595. The van der Waals surface area contributed by atoms with Gasteiger partial charge in [0.2, 0.25) is 10.0 Å². The van der Waals surface area contributed by atoms with Crippen LogP contribution in [0.4, 0.5) is 4.39 Å². The van der Waals surface area contributed by atoms with Crippen LogP contribution in [0.3, 0.4) is 0 Å². The summed E-state index contributed by atoms with van der Waals surface area (Å²) in [5.41, 5.74) is -0.162. The molecular weight excluding hydrogens is 299 g/mol. The molecule has 0 aliphatic carbocycles. The number of nitrogens with zero attached hydrogens (tertiary/aromatic N) is 1. The number of benzene rings is 1. The number of nitrogens with one attached hydrogen (secondary N) is 1. The lowest BCUT2D eigenvalue weighted by Gasteiger charge is -2.33. The molecule has 0 radical (unpaired) electrons. The van der Waals surface area contributed by atoms with Crippen LogP contribution in [0.1, 0.15) is 17.3 Å². The van der Waals surface area contributed by atoms with Crippen LogP contribution in [0.25, 0.3) is 0 Å². The van der Waals surface area contributed by atoms with Crippen molar-refractivity contribution in [3.8, 4) is 0 Å². The van der Waals surface area contributed by atoms with Gasteiger partial charge < -0.3 is 10.1 Å². The zero-order valence-electron chi connectivity index (χ0n) is 11.8. The van der Waals surface area contributed by atoms with Crippen molar-refractivity contribution in [3.63, 3.8) is 0 Å². The Kier molecular flexibility index (Phi) is 4.60. The number of hydrogen-bond acceptors (Lipinski definition) is 5. The molecule has 2 rings (SSSR count). The lowest BCUT2D eigenvalue weighted by molar-refractivity contribution is 0.0596. The highest BCUT2D eigenvalue weighted by atomic mass is 32.2. The lowest BCUT2D eigenvalue weighted by atomic mass is 10.2. The van der Waals surface area contributed by atoms with E-state index in [9.17, 15) is 17.6 Å². The van der Waals surface area contributed by atoms with Crippen LogP contribution >= 0.6 is 0 Å². The third kappa shape index (κ3) is 3.07. The molecule has 0 saturated carbocycles. The fourth-order valence-electron chi connectivity index (χ4n) is 2.29. The van der Waals surface area contributed by atoms with Gasteiger partial charge in [-0.3, -0.25) is 0 Å². The number of esters is 1. The summed E-state index contributed by atoms with van der Waals surface area (Å²) in [4.78, 5) is 11.4. The number of sulfonamides is 1. The van der Waals surface area contributed by atoms with Crippen LogP contribution in [-0.2, 0) is 14.8 Å². The van der Waals surface area contributed by atoms with Crippen LogP contribution in [0.2, 0.25) is 0 Å². The number of ether oxygens (including phenoxy) is 1. The highest BCUT2D eigenvalue weighted by Crippen LogP contribution is 2.24. The third-order valence-electron chi connectivity index (χ3n) is 3.38. The van der Waals surface area contributed by atoms with Crippen molar-refractivity contribution in [1.29, 1.82) is 0 Å². The van der Waals surface area contributed by atoms with Crippen molar-refractivity contribution in [1.82, 2.24) is 9.62 Å². The molecule has 1 N–H and O–H groups in total. The number of halogens is 1. The molecule has 0 amide bonds. The second-order valence-electron chi connectivity index (χ2n) is 4.80. The first-order valence-corrected chi connectivity index (χ1v) is 7.92. The van der Waals surface area contributed by atoms with Crippen LogP contribution < -0.4 is 5.32 Å². The van der Waals surface area contributed by atoms with E-state index in [4.69, 9.17) is 0 Å². The maximum atomic E-state index is 13.5. The summed E-state index contributed by atoms with van der Waals surface area (Å²) in [5, 5.41) is 3.08. The molecule has 116 valence electrons. The average molecular weight is 316 g/mol. The molecule has 1 aromatic rings. The van der Waals surface area contributed by atoms with Gasteiger partial charge >= 0.3 is 5.97 Å². The van der Waals surface area contributed by atoms with Crippen LogP contribution in [0.5, 0.6) is 0 Å². The highest BCUT2D eigenvalue weighted by molar-refractivity contribution is 7.89. The molecule has 0 bridgehead atoms. The van der Waals surface area contributed by atoms with E-state index in [0.717, 1.165) is 25.3 Å². The molecule has 1 aliphatic heterocycles. The Labute approximate surface area is 122 Å². The highest BCUT2D eigenvalue weighted by Gasteiger charge is 2.34. The molecule has 0 spiro atoms. The Balaban J connectivity index is 2.53. The predicted molar refractivity (Wildman–Crippen MR) is 74.0 cm³/mol. The Hall–Kier alpha value is -1.51. The first-order valence-electron chi connectivity index (χ1n) is 6.48. The summed E-state index contributed by atoms with van der Waals surface area (Å²) in [6.07, 6.45) is 0. The Morgan fingerprint density at radius 3 is 2.81 bits per heavy atom. The number of rotatable bonds is 3. The van der Waals surface area contributed by atoms with Gasteiger partial charge in [-0.2, -0.15) is 4.31 Å². The molecule has 21 heavy (non-hydrogen) atoms. The molecular formula is C13H17FN2O4S. The van der Waals surface area contributed by atoms with Gasteiger partial charge in [-0.25, -0.2) is 17.6 Å². The smallest absolute Gasteiger partial charge is 0.339 e. The molecule has 8 heteroatoms. The number of methoxy groups -OCH3 is 1. The lowest BCUT2D eigenvalue weighted by Crippen LogP contribution is -2.52. The minimum Gasteiger partial charge on any atom is -0.465 e. The van der Waals surface area contributed by atoms with E-state index in [0.29, 0.717) is 13.1 Å². The fourth-order valence-corrected chi connectivity index (χ4v) is 4.12. The summed E-state index contributed by atoms with van der Waals surface area (Å²) in [6, 6.07) is 2.74. The summed E-state index contributed by atoms with van der Waals surface area (Å²) in [6.45, 7) is 3.02. The number of piperazine rings is 1. The van der Waals surface area contributed by atoms with Crippen molar-refractivity contribution in [3.05, 3.63) is 29.6 Å². The van der Waals surface area contributed by atoms with Gasteiger partial charge in [0.1, 0.15) is 5.82 Å². The van der Waals surface area contributed by atoms with Gasteiger partial charge in [0.25, 0.3) is 0 Å². The summed E-state index contributed by atoms with van der Waals surface area (Å²) in [5.74, 6) is -1.53. The Bertz CT molecular complexity index is 648. The maximum Gasteiger partial charge on any atom is 0.339 e. The maximum absolute atomic E-state index is 13.5. The average Bonchev–Trinajstić information content (AvgIpc) is 2.46. The van der Waals surface area contributed by atoms with Crippen LogP contribution in [0.15, 0.2) is 23.1 Å². The van der Waals surface area contributed by atoms with E-state index < -0.39 is 21.8 Å². The first kappa shape index (κ1) is 15.9. The van der Waals surface area contributed by atoms with Crippen molar-refractivity contribution in [2.75, 3.05) is 26.7 Å². The van der Waals surface area contributed by atoms with E-state index in [2.05, 4.69) is 10.1 Å². The van der Waals surface area contributed by atoms with Gasteiger partial charge in [-0.05, 0) is 25.1 Å². The van der Waals surface area contributed by atoms with E-state index in [1.165, 1.54) is 4.31 Å². The molecule has 1 unspecified atom stereocenters. The minimum absolute atomic E-state index is 0.162. The number of carbonyl (C=O) groups is 1. The zero-order valence-corrected chi connectivity index (χ0v) is 12.6. The first-order chi connectivity index (χ1) is 9.87. The van der Waals surface area contributed by atoms with E-state index in [1.807, 2.05) is 0 Å². The normalized spacial score (nSPS) is 20.2. The van der Waals surface area contributed by atoms with E-state index in [1.54, 1.807) is 6.92 Å². The second-order valence-corrected chi connectivity index (χ2v) is 6.66. The number of carbonyl (C=O) groups excluding carboxylic acids is 1. The summed E-state index contributed by atoms with van der Waals surface area (Å²) >= 11 is 0. The third-order valence-corrected chi connectivity index (χ3v) is 5.43. The standard InChI is InChI=1S/C13H17FN2O4S/c1-9-8-15-5-6-16(9)21(18,19)12-7-10(14)3-4-11(12)13(17)20-2/h3-4,7,9,15H,5-6,8H2,1-2H3. The van der Waals surface area contributed by atoms with Gasteiger partial charge in [-0.15, -0.1) is 0 Å². The largest absolute Gasteiger partial charge is 0.465 e. The topological polar surface area (TPSA) is 75.7 Å². The summed E-state index contributed by atoms with van der Waals surface area (Å²) < 4.78 is 44.7. The van der Waals surface area contributed by atoms with E-state index >= 15 is 0 Å². The molecule has 1 aliphatic rings. The van der Waals surface area contributed by atoms with Gasteiger partial charge in [0, 0.05) is 25.7 Å². The zero-order chi connectivity index (χ0) is 15.6. The van der Waals surface area contributed by atoms with Gasteiger partial charge in [0.05, 0.1) is 17.6 Å². The quantitative estimate of drug-likeness (QED) is 0.826. The van der Waals surface area contributed by atoms with Crippen LogP contribution in [-0.4, -0.2) is 51.5 Å². The molecule has 0 aromatic heterocycles. The SMILES string of the molecule is COC(=O)c1ccc(F)cc1S(=O)(=O)N1CCNCC1C. The second kappa shape index (κ2) is 6.08. The monoisotopic (exact) mass is 316 g/mol. The molecule has 1 atom stereocenters. The van der Waals surface area contributed by atoms with E-state index in [-0.39, 0.29) is 23.0 Å². The molecule has 6 nitrogen and oxygen atoms in total. The van der Waals surface area contributed by atoms with Crippen molar-refractivity contribution < 1.29 is 22.3 Å². The minimum atomic E-state index is -3.97. The molecule has 1 heterocycles. The molecule has 1 aromatic carbocycles. The molecule has 1 fully saturated rings. The van der Waals surface area contributed by atoms with Gasteiger partial charge in [-0.1, -0.05) is 0 Å². The fraction of sp³-hybridized carbons (Fsp3) is 0.462. The van der Waals surface area contributed by atoms with Crippen molar-refractivity contribution in [2.45, 2.75) is 17.9 Å². The number of hydrogen-bond donors (Lipinski definition) is 1. The summed E-state index contributed by atoms with van der Waals surface area (Å²) in [7, 11) is -2.82. The van der Waals surface area contributed by atoms with Crippen molar-refractivity contribution >= 4 is 16.0 Å². The Morgan fingerprint density at radius 1 is 1.48 bits per heavy atom. The van der Waals surface area contributed by atoms with Gasteiger partial charge in [0.15, 0.2) is 0 Å². The Morgan fingerprint density at radius 2 is 2.19 bits per heavy atom.